The minimum Gasteiger partial charge on any atom is -0.394 e. The van der Waals surface area contributed by atoms with Gasteiger partial charge in [-0.1, -0.05) is 0 Å². The Morgan fingerprint density at radius 3 is 3.11 bits per heavy atom. The maximum absolute atomic E-state index is 12.5. The molecule has 0 bridgehead atoms. The van der Waals surface area contributed by atoms with E-state index < -0.39 is 16.1 Å². The summed E-state index contributed by atoms with van der Waals surface area (Å²) in [5.74, 6) is 0.494. The van der Waals surface area contributed by atoms with E-state index in [4.69, 9.17) is 9.84 Å². The Morgan fingerprint density at radius 2 is 2.42 bits per heavy atom. The SMILES string of the molecule is CNc1cc(S(=O)(=O)N2CCOC(CO)C2)ccn1. The number of ether oxygens (including phenoxy) is 1. The molecule has 1 aliphatic heterocycles. The highest BCUT2D eigenvalue weighted by Crippen LogP contribution is 2.20. The molecule has 1 aromatic rings. The monoisotopic (exact) mass is 287 g/mol. The zero-order chi connectivity index (χ0) is 13.9. The van der Waals surface area contributed by atoms with Gasteiger partial charge in [-0.3, -0.25) is 0 Å². The first-order valence-corrected chi connectivity index (χ1v) is 7.38. The molecule has 0 radical (unpaired) electrons. The van der Waals surface area contributed by atoms with Crippen LogP contribution in [0.5, 0.6) is 0 Å². The van der Waals surface area contributed by atoms with Gasteiger partial charge in [-0.2, -0.15) is 4.31 Å². The number of hydrogen-bond donors (Lipinski definition) is 2. The molecule has 7 nitrogen and oxygen atoms in total. The molecule has 1 aliphatic rings. The maximum atomic E-state index is 12.5. The van der Waals surface area contributed by atoms with Crippen molar-refractivity contribution in [2.75, 3.05) is 38.7 Å². The zero-order valence-electron chi connectivity index (χ0n) is 10.6. The van der Waals surface area contributed by atoms with Gasteiger partial charge >= 0.3 is 0 Å². The summed E-state index contributed by atoms with van der Waals surface area (Å²) >= 11 is 0. The number of aromatic nitrogens is 1. The highest BCUT2D eigenvalue weighted by Gasteiger charge is 2.30. The van der Waals surface area contributed by atoms with Crippen molar-refractivity contribution in [3.8, 4) is 0 Å². The number of pyridine rings is 1. The smallest absolute Gasteiger partial charge is 0.243 e. The molecule has 1 atom stereocenters. The molecule has 0 aliphatic carbocycles. The van der Waals surface area contributed by atoms with E-state index in [1.54, 1.807) is 7.05 Å². The summed E-state index contributed by atoms with van der Waals surface area (Å²) in [6.45, 7) is 0.546. The first-order chi connectivity index (χ1) is 9.07. The third kappa shape index (κ3) is 3.03. The summed E-state index contributed by atoms with van der Waals surface area (Å²) in [6.07, 6.45) is 0.983. The van der Waals surface area contributed by atoms with Gasteiger partial charge in [0.1, 0.15) is 5.82 Å². The summed E-state index contributed by atoms with van der Waals surface area (Å²) < 4.78 is 31.5. The van der Waals surface area contributed by atoms with Gasteiger partial charge in [-0.05, 0) is 6.07 Å². The lowest BCUT2D eigenvalue weighted by Crippen LogP contribution is -2.46. The van der Waals surface area contributed by atoms with Gasteiger partial charge in [0.25, 0.3) is 0 Å². The molecule has 0 aromatic carbocycles. The largest absolute Gasteiger partial charge is 0.394 e. The predicted molar refractivity (Wildman–Crippen MR) is 69.4 cm³/mol. The molecular weight excluding hydrogens is 270 g/mol. The molecule has 2 heterocycles. The van der Waals surface area contributed by atoms with Gasteiger partial charge in [-0.15, -0.1) is 0 Å². The molecule has 1 aromatic heterocycles. The molecular formula is C11H17N3O4S. The van der Waals surface area contributed by atoms with Crippen molar-refractivity contribution in [1.29, 1.82) is 0 Å². The lowest BCUT2D eigenvalue weighted by molar-refractivity contribution is -0.0304. The van der Waals surface area contributed by atoms with Gasteiger partial charge < -0.3 is 15.2 Å². The van der Waals surface area contributed by atoms with Crippen molar-refractivity contribution in [1.82, 2.24) is 9.29 Å². The average molecular weight is 287 g/mol. The van der Waals surface area contributed by atoms with E-state index in [-0.39, 0.29) is 31.2 Å². The van der Waals surface area contributed by atoms with E-state index in [2.05, 4.69) is 10.3 Å². The number of hydrogen-bond acceptors (Lipinski definition) is 6. The Morgan fingerprint density at radius 1 is 1.63 bits per heavy atom. The highest BCUT2D eigenvalue weighted by atomic mass is 32.2. The fourth-order valence-electron chi connectivity index (χ4n) is 1.88. The molecule has 0 amide bonds. The fourth-order valence-corrected chi connectivity index (χ4v) is 3.35. The zero-order valence-corrected chi connectivity index (χ0v) is 11.4. The lowest BCUT2D eigenvalue weighted by Gasteiger charge is -2.31. The van der Waals surface area contributed by atoms with Crippen LogP contribution in [-0.2, 0) is 14.8 Å². The molecule has 2 N–H and O–H groups in total. The quantitative estimate of drug-likeness (QED) is 0.776. The number of morpholine rings is 1. The van der Waals surface area contributed by atoms with E-state index in [0.29, 0.717) is 5.82 Å². The van der Waals surface area contributed by atoms with E-state index in [1.807, 2.05) is 0 Å². The Hall–Kier alpha value is -1.22. The average Bonchev–Trinajstić information content (AvgIpc) is 2.47. The van der Waals surface area contributed by atoms with Gasteiger partial charge in [0.15, 0.2) is 0 Å². The first kappa shape index (κ1) is 14.2. The van der Waals surface area contributed by atoms with E-state index in [1.165, 1.54) is 22.6 Å². The van der Waals surface area contributed by atoms with Crippen molar-refractivity contribution >= 4 is 15.8 Å². The van der Waals surface area contributed by atoms with Crippen LogP contribution in [-0.4, -0.2) is 62.3 Å². The van der Waals surface area contributed by atoms with Crippen LogP contribution in [0, 0.1) is 0 Å². The molecule has 106 valence electrons. The maximum Gasteiger partial charge on any atom is 0.243 e. The van der Waals surface area contributed by atoms with Crippen molar-refractivity contribution in [3.63, 3.8) is 0 Å². The summed E-state index contributed by atoms with van der Waals surface area (Å²) in [5.41, 5.74) is 0. The Kier molecular flexibility index (Phi) is 4.35. The third-order valence-electron chi connectivity index (χ3n) is 2.93. The molecule has 8 heteroatoms. The molecule has 0 saturated carbocycles. The summed E-state index contributed by atoms with van der Waals surface area (Å²) in [7, 11) is -1.90. The summed E-state index contributed by atoms with van der Waals surface area (Å²) in [5, 5.41) is 11.9. The van der Waals surface area contributed by atoms with Gasteiger partial charge in [0.2, 0.25) is 10.0 Å². The van der Waals surface area contributed by atoms with Crippen LogP contribution in [0.4, 0.5) is 5.82 Å². The number of nitrogens with one attached hydrogen (secondary N) is 1. The Balaban J connectivity index is 2.25. The van der Waals surface area contributed by atoms with Crippen molar-refractivity contribution in [2.45, 2.75) is 11.0 Å². The standard InChI is InChI=1S/C11H17N3O4S/c1-12-11-6-10(2-3-13-11)19(16,17)14-4-5-18-9(7-14)8-15/h2-3,6,9,15H,4-5,7-8H2,1H3,(H,12,13). The van der Waals surface area contributed by atoms with Gasteiger partial charge in [0, 0.05) is 32.4 Å². The van der Waals surface area contributed by atoms with Crippen molar-refractivity contribution in [3.05, 3.63) is 18.3 Å². The minimum absolute atomic E-state index is 0.163. The van der Waals surface area contributed by atoms with Crippen LogP contribution in [0.3, 0.4) is 0 Å². The number of anilines is 1. The van der Waals surface area contributed by atoms with Crippen LogP contribution in [0.15, 0.2) is 23.2 Å². The van der Waals surface area contributed by atoms with Crippen LogP contribution < -0.4 is 5.32 Å². The molecule has 1 saturated heterocycles. The van der Waals surface area contributed by atoms with Crippen molar-refractivity contribution < 1.29 is 18.3 Å². The lowest BCUT2D eigenvalue weighted by atomic mass is 10.3. The van der Waals surface area contributed by atoms with E-state index >= 15 is 0 Å². The highest BCUT2D eigenvalue weighted by molar-refractivity contribution is 7.89. The Bertz CT molecular complexity index is 534. The molecule has 1 unspecified atom stereocenters. The minimum atomic E-state index is -3.58. The number of rotatable bonds is 4. The van der Waals surface area contributed by atoms with Crippen LogP contribution in [0.25, 0.3) is 0 Å². The second kappa shape index (κ2) is 5.83. The molecule has 1 fully saturated rings. The van der Waals surface area contributed by atoms with E-state index in [0.717, 1.165) is 0 Å². The van der Waals surface area contributed by atoms with Crippen LogP contribution in [0.2, 0.25) is 0 Å². The fraction of sp³-hybridized carbons (Fsp3) is 0.545. The Labute approximate surface area is 112 Å². The molecule has 0 spiro atoms. The van der Waals surface area contributed by atoms with Gasteiger partial charge in [-0.25, -0.2) is 13.4 Å². The van der Waals surface area contributed by atoms with Crippen molar-refractivity contribution in [2.24, 2.45) is 0 Å². The number of nitrogens with zero attached hydrogens (tertiary/aromatic N) is 2. The number of aliphatic hydroxyl groups excluding tert-OH is 1. The number of aliphatic hydroxyl groups is 1. The summed E-state index contributed by atoms with van der Waals surface area (Å²) in [6, 6.07) is 2.94. The topological polar surface area (TPSA) is 91.8 Å². The molecule has 2 rings (SSSR count). The first-order valence-electron chi connectivity index (χ1n) is 5.94. The van der Waals surface area contributed by atoms with E-state index in [9.17, 15) is 8.42 Å². The van der Waals surface area contributed by atoms with Gasteiger partial charge in [0.05, 0.1) is 24.2 Å². The molecule has 19 heavy (non-hydrogen) atoms. The number of sulfonamides is 1. The second-order valence-electron chi connectivity index (χ2n) is 4.17. The normalized spacial score (nSPS) is 21.3. The van der Waals surface area contributed by atoms with Crippen LogP contribution >= 0.6 is 0 Å². The second-order valence-corrected chi connectivity index (χ2v) is 6.10. The summed E-state index contributed by atoms with van der Waals surface area (Å²) in [4.78, 5) is 4.17. The third-order valence-corrected chi connectivity index (χ3v) is 4.79. The van der Waals surface area contributed by atoms with Crippen LogP contribution in [0.1, 0.15) is 0 Å². The predicted octanol–water partition coefficient (Wildman–Crippen LogP) is -0.495.